The lowest BCUT2D eigenvalue weighted by molar-refractivity contribution is -0.384. The second-order valence-corrected chi connectivity index (χ2v) is 4.19. The van der Waals surface area contributed by atoms with Crippen LogP contribution >= 0.6 is 0 Å². The van der Waals surface area contributed by atoms with E-state index in [4.69, 9.17) is 14.6 Å². The Balaban J connectivity index is 2.63. The highest BCUT2D eigenvalue weighted by molar-refractivity contribution is 6.39. The first-order chi connectivity index (χ1) is 11.0. The van der Waals surface area contributed by atoms with Crippen molar-refractivity contribution in [1.82, 2.24) is 5.32 Å². The Morgan fingerprint density at radius 1 is 1.30 bits per heavy atom. The molecule has 0 aliphatic carbocycles. The minimum absolute atomic E-state index is 0.0124. The number of aliphatic hydroxyl groups is 1. The quantitative estimate of drug-likeness (QED) is 0.257. The monoisotopic (exact) mass is 327 g/mol. The zero-order chi connectivity index (χ0) is 17.2. The van der Waals surface area contributed by atoms with E-state index >= 15 is 0 Å². The van der Waals surface area contributed by atoms with Gasteiger partial charge in [0.25, 0.3) is 5.69 Å². The minimum atomic E-state index is -0.994. The molecule has 1 aromatic rings. The molecule has 0 unspecified atom stereocenters. The average Bonchev–Trinajstić information content (AvgIpc) is 2.54. The second-order valence-electron chi connectivity index (χ2n) is 4.19. The Labute approximate surface area is 131 Å². The van der Waals surface area contributed by atoms with E-state index in [0.717, 1.165) is 6.07 Å². The molecule has 0 fully saturated rings. The van der Waals surface area contributed by atoms with Crippen LogP contribution in [-0.4, -0.2) is 55.3 Å². The largest absolute Gasteiger partial charge is 0.495 e. The number of benzene rings is 1. The third kappa shape index (κ3) is 5.88. The van der Waals surface area contributed by atoms with Crippen LogP contribution in [0.5, 0.6) is 5.75 Å². The Morgan fingerprint density at radius 3 is 2.65 bits per heavy atom. The number of hydrogen-bond acceptors (Lipinski definition) is 7. The lowest BCUT2D eigenvalue weighted by atomic mass is 10.2. The summed E-state index contributed by atoms with van der Waals surface area (Å²) in [5.41, 5.74) is -0.239. The highest BCUT2D eigenvalue weighted by atomic mass is 16.6. The normalized spacial score (nSPS) is 10.0. The van der Waals surface area contributed by atoms with Crippen molar-refractivity contribution < 1.29 is 29.1 Å². The predicted molar refractivity (Wildman–Crippen MR) is 79.2 cm³/mol. The number of rotatable bonds is 8. The lowest BCUT2D eigenvalue weighted by Crippen LogP contribution is -2.37. The van der Waals surface area contributed by atoms with Gasteiger partial charge in [-0.1, -0.05) is 0 Å². The molecule has 23 heavy (non-hydrogen) atoms. The summed E-state index contributed by atoms with van der Waals surface area (Å²) >= 11 is 0. The van der Waals surface area contributed by atoms with Crippen LogP contribution in [0.25, 0.3) is 0 Å². The molecule has 0 radical (unpaired) electrons. The zero-order valence-electron chi connectivity index (χ0n) is 12.4. The summed E-state index contributed by atoms with van der Waals surface area (Å²) in [5.74, 6) is -1.74. The van der Waals surface area contributed by atoms with Crippen LogP contribution in [0.15, 0.2) is 18.2 Å². The topological polar surface area (TPSA) is 140 Å². The van der Waals surface area contributed by atoms with Crippen LogP contribution in [0, 0.1) is 10.1 Å². The number of nitro benzene ring substituents is 1. The maximum absolute atomic E-state index is 11.8. The van der Waals surface area contributed by atoms with E-state index in [1.807, 2.05) is 0 Å². The van der Waals surface area contributed by atoms with Gasteiger partial charge < -0.3 is 25.2 Å². The van der Waals surface area contributed by atoms with Gasteiger partial charge in [0.05, 0.1) is 37.5 Å². The highest BCUT2D eigenvalue weighted by Crippen LogP contribution is 2.28. The van der Waals surface area contributed by atoms with E-state index in [9.17, 15) is 19.7 Å². The highest BCUT2D eigenvalue weighted by Gasteiger charge is 2.18. The Hall–Kier alpha value is -2.72. The average molecular weight is 327 g/mol. The molecule has 0 atom stereocenters. The summed E-state index contributed by atoms with van der Waals surface area (Å²) in [6.45, 7) is 0.214. The number of aliphatic hydroxyl groups excluding tert-OH is 1. The zero-order valence-corrected chi connectivity index (χ0v) is 12.4. The first-order valence-electron chi connectivity index (χ1n) is 6.59. The first kappa shape index (κ1) is 18.3. The summed E-state index contributed by atoms with van der Waals surface area (Å²) in [7, 11) is 1.33. The second kappa shape index (κ2) is 9.33. The van der Waals surface area contributed by atoms with E-state index < -0.39 is 16.7 Å². The van der Waals surface area contributed by atoms with Crippen molar-refractivity contribution in [3.63, 3.8) is 0 Å². The van der Waals surface area contributed by atoms with Gasteiger partial charge in [-0.05, 0) is 6.07 Å². The van der Waals surface area contributed by atoms with Gasteiger partial charge in [0.1, 0.15) is 5.75 Å². The molecule has 126 valence electrons. The summed E-state index contributed by atoms with van der Waals surface area (Å²) in [4.78, 5) is 33.5. The van der Waals surface area contributed by atoms with Crippen LogP contribution in [0.4, 0.5) is 11.4 Å². The molecule has 0 aliphatic rings. The lowest BCUT2D eigenvalue weighted by Gasteiger charge is -2.10. The van der Waals surface area contributed by atoms with Gasteiger partial charge in [0, 0.05) is 18.7 Å². The number of carbonyl (C=O) groups is 2. The molecule has 0 saturated carbocycles. The number of methoxy groups -OCH3 is 1. The molecule has 0 bridgehead atoms. The van der Waals surface area contributed by atoms with Crippen molar-refractivity contribution in [1.29, 1.82) is 0 Å². The molecule has 1 rings (SSSR count). The molecular formula is C13H17N3O7. The van der Waals surface area contributed by atoms with E-state index in [1.165, 1.54) is 19.2 Å². The van der Waals surface area contributed by atoms with Gasteiger partial charge >= 0.3 is 11.8 Å². The number of nitrogens with zero attached hydrogens (tertiary/aromatic N) is 1. The number of nitro groups is 1. The molecule has 10 nitrogen and oxygen atoms in total. The molecule has 10 heteroatoms. The number of hydrogen-bond donors (Lipinski definition) is 3. The SMILES string of the molecule is COc1ccc([N+](=O)[O-])cc1NC(=O)C(=O)NCCOCCO. The van der Waals surface area contributed by atoms with Gasteiger partial charge in [-0.15, -0.1) is 0 Å². The Kier molecular flexibility index (Phi) is 7.43. The molecule has 1 aromatic carbocycles. The Morgan fingerprint density at radius 2 is 2.04 bits per heavy atom. The summed E-state index contributed by atoms with van der Waals surface area (Å²) in [6.07, 6.45) is 0. The Bertz CT molecular complexity index is 577. The van der Waals surface area contributed by atoms with Crippen LogP contribution in [0.1, 0.15) is 0 Å². The van der Waals surface area contributed by atoms with E-state index in [0.29, 0.717) is 0 Å². The number of carbonyl (C=O) groups excluding carboxylic acids is 2. The predicted octanol–water partition coefficient (Wildman–Crippen LogP) is -0.333. The summed E-state index contributed by atoms with van der Waals surface area (Å²) in [5, 5.41) is 23.8. The standard InChI is InChI=1S/C13H17N3O7/c1-22-11-3-2-9(16(20)21)8-10(11)15-13(19)12(18)14-4-6-23-7-5-17/h2-3,8,17H,4-7H2,1H3,(H,14,18)(H,15,19). The third-order valence-electron chi connectivity index (χ3n) is 2.62. The maximum atomic E-state index is 11.8. The third-order valence-corrected chi connectivity index (χ3v) is 2.62. The van der Waals surface area contributed by atoms with Gasteiger partial charge in [0.15, 0.2) is 0 Å². The fourth-order valence-corrected chi connectivity index (χ4v) is 1.57. The molecule has 0 spiro atoms. The van der Waals surface area contributed by atoms with Crippen LogP contribution in [0.3, 0.4) is 0 Å². The molecule has 0 aliphatic heterocycles. The minimum Gasteiger partial charge on any atom is -0.495 e. The van der Waals surface area contributed by atoms with Crippen molar-refractivity contribution in [2.45, 2.75) is 0 Å². The van der Waals surface area contributed by atoms with E-state index in [2.05, 4.69) is 10.6 Å². The van der Waals surface area contributed by atoms with Crippen molar-refractivity contribution in [3.05, 3.63) is 28.3 Å². The van der Waals surface area contributed by atoms with Gasteiger partial charge in [-0.25, -0.2) is 0 Å². The van der Waals surface area contributed by atoms with Crippen LogP contribution < -0.4 is 15.4 Å². The molecular weight excluding hydrogens is 310 g/mol. The fraction of sp³-hybridized carbons (Fsp3) is 0.385. The maximum Gasteiger partial charge on any atom is 0.313 e. The number of ether oxygens (including phenoxy) is 2. The van der Waals surface area contributed by atoms with Crippen molar-refractivity contribution in [2.24, 2.45) is 0 Å². The number of nitrogens with one attached hydrogen (secondary N) is 2. The molecule has 0 heterocycles. The first-order valence-corrected chi connectivity index (χ1v) is 6.59. The summed E-state index contributed by atoms with van der Waals surface area (Å²) in [6, 6.07) is 3.62. The molecule has 0 saturated heterocycles. The van der Waals surface area contributed by atoms with Crippen LogP contribution in [-0.2, 0) is 14.3 Å². The molecule has 3 N–H and O–H groups in total. The van der Waals surface area contributed by atoms with Crippen molar-refractivity contribution >= 4 is 23.2 Å². The smallest absolute Gasteiger partial charge is 0.313 e. The van der Waals surface area contributed by atoms with Gasteiger partial charge in [-0.3, -0.25) is 19.7 Å². The van der Waals surface area contributed by atoms with Gasteiger partial charge in [-0.2, -0.15) is 0 Å². The van der Waals surface area contributed by atoms with E-state index in [-0.39, 0.29) is 43.5 Å². The number of non-ortho nitro benzene ring substituents is 1. The van der Waals surface area contributed by atoms with E-state index in [1.54, 1.807) is 0 Å². The van der Waals surface area contributed by atoms with Crippen LogP contribution in [0.2, 0.25) is 0 Å². The van der Waals surface area contributed by atoms with Crippen molar-refractivity contribution in [3.8, 4) is 5.75 Å². The van der Waals surface area contributed by atoms with Gasteiger partial charge in [0.2, 0.25) is 0 Å². The number of amides is 2. The summed E-state index contributed by atoms with van der Waals surface area (Å²) < 4.78 is 9.89. The fourth-order valence-electron chi connectivity index (χ4n) is 1.57. The number of anilines is 1. The van der Waals surface area contributed by atoms with Crippen molar-refractivity contribution in [2.75, 3.05) is 38.8 Å². The molecule has 2 amide bonds. The molecule has 0 aromatic heterocycles.